The Kier molecular flexibility index (Phi) is 9.54. The zero-order valence-electron chi connectivity index (χ0n) is 24.2. The molecule has 3 aromatic rings. The number of carbonyl (C=O) groups is 2. The summed E-state index contributed by atoms with van der Waals surface area (Å²) in [6.07, 6.45) is -2.96. The van der Waals surface area contributed by atoms with E-state index in [9.17, 15) is 27.6 Å². The average molecular weight is 604 g/mol. The van der Waals surface area contributed by atoms with Crippen molar-refractivity contribution in [2.45, 2.75) is 64.6 Å². The summed E-state index contributed by atoms with van der Waals surface area (Å²) in [7, 11) is -1.50. The first kappa shape index (κ1) is 31.4. The largest absolute Gasteiger partial charge is 0.494 e. The van der Waals surface area contributed by atoms with Crippen LogP contribution in [0.5, 0.6) is 5.75 Å². The van der Waals surface area contributed by atoms with Gasteiger partial charge in [0.1, 0.15) is 11.3 Å². The third-order valence-corrected chi connectivity index (χ3v) is 9.27. The summed E-state index contributed by atoms with van der Waals surface area (Å²) in [5.41, 5.74) is -1.23. The van der Waals surface area contributed by atoms with Gasteiger partial charge in [0.15, 0.2) is 5.78 Å². The molecule has 1 aliphatic rings. The fourth-order valence-corrected chi connectivity index (χ4v) is 5.95. The number of Topliss-reactive ketones (excluding diaryl/α,β-unsaturated/α-hetero) is 1. The fraction of sp³-hybridized carbons (Fsp3) is 0.500. The summed E-state index contributed by atoms with van der Waals surface area (Å²) < 4.78 is 52.2. The number of nitrogens with zero attached hydrogens (tertiary/aromatic N) is 3. The van der Waals surface area contributed by atoms with Gasteiger partial charge in [-0.1, -0.05) is 31.8 Å². The van der Waals surface area contributed by atoms with Crippen LogP contribution in [0.2, 0.25) is 25.7 Å². The zero-order chi connectivity index (χ0) is 30.7. The molecular formula is C30H36F3N3O5Si. The predicted octanol–water partition coefficient (Wildman–Crippen LogP) is 6.01. The van der Waals surface area contributed by atoms with Gasteiger partial charge in [0.25, 0.3) is 5.56 Å². The molecule has 0 amide bonds. The summed E-state index contributed by atoms with van der Waals surface area (Å²) in [4.78, 5) is 40.3. The van der Waals surface area contributed by atoms with Crippen molar-refractivity contribution in [3.8, 4) is 5.75 Å². The third kappa shape index (κ3) is 7.45. The molecule has 12 heteroatoms. The van der Waals surface area contributed by atoms with Crippen LogP contribution in [-0.4, -0.2) is 48.0 Å². The Morgan fingerprint density at radius 3 is 2.40 bits per heavy atom. The van der Waals surface area contributed by atoms with Gasteiger partial charge >= 0.3 is 12.1 Å². The van der Waals surface area contributed by atoms with Crippen LogP contribution in [0.15, 0.2) is 47.3 Å². The normalized spacial score (nSPS) is 19.2. The molecule has 4 rings (SSSR count). The van der Waals surface area contributed by atoms with Crippen LogP contribution in [0.1, 0.15) is 42.1 Å². The van der Waals surface area contributed by atoms with Gasteiger partial charge < -0.3 is 9.47 Å². The molecule has 3 unspecified atom stereocenters. The minimum Gasteiger partial charge on any atom is -0.494 e. The molecule has 1 fully saturated rings. The van der Waals surface area contributed by atoms with Gasteiger partial charge in [-0.2, -0.15) is 13.2 Å². The maximum atomic E-state index is 13.6. The van der Waals surface area contributed by atoms with Crippen molar-refractivity contribution in [2.75, 3.05) is 13.2 Å². The van der Waals surface area contributed by atoms with E-state index in [-0.39, 0.29) is 29.8 Å². The lowest BCUT2D eigenvalue weighted by Crippen LogP contribution is -2.36. The molecule has 0 radical (unpaired) electrons. The number of carbonyl (C=O) groups excluding carboxylic acids is 2. The molecule has 42 heavy (non-hydrogen) atoms. The molecule has 0 spiro atoms. The lowest BCUT2D eigenvalue weighted by atomic mass is 9.84. The van der Waals surface area contributed by atoms with Gasteiger partial charge in [0.05, 0.1) is 36.6 Å². The molecule has 1 aliphatic carbocycles. The summed E-state index contributed by atoms with van der Waals surface area (Å²) in [6.45, 7) is 9.18. The maximum absolute atomic E-state index is 13.6. The first-order valence-electron chi connectivity index (χ1n) is 14.2. The first-order valence-corrected chi connectivity index (χ1v) is 17.9. The highest BCUT2D eigenvalue weighted by molar-refractivity contribution is 6.76. The van der Waals surface area contributed by atoms with Crippen molar-refractivity contribution in [1.29, 1.82) is 0 Å². The second-order valence-electron chi connectivity index (χ2n) is 12.0. The van der Waals surface area contributed by atoms with Crippen molar-refractivity contribution in [2.24, 2.45) is 17.8 Å². The van der Waals surface area contributed by atoms with E-state index in [4.69, 9.17) is 9.47 Å². The van der Waals surface area contributed by atoms with Crippen molar-refractivity contribution in [1.82, 2.24) is 15.0 Å². The van der Waals surface area contributed by atoms with Crippen molar-refractivity contribution in [3.63, 3.8) is 0 Å². The van der Waals surface area contributed by atoms with E-state index in [0.717, 1.165) is 35.3 Å². The van der Waals surface area contributed by atoms with Gasteiger partial charge in [0.2, 0.25) is 0 Å². The molecule has 0 N–H and O–H groups in total. The molecule has 3 atom stereocenters. The van der Waals surface area contributed by atoms with Crippen LogP contribution >= 0.6 is 0 Å². The molecule has 1 heterocycles. The van der Waals surface area contributed by atoms with Crippen molar-refractivity contribution < 1.29 is 32.2 Å². The topological polar surface area (TPSA) is 100 Å². The van der Waals surface area contributed by atoms with E-state index in [1.165, 1.54) is 0 Å². The summed E-state index contributed by atoms with van der Waals surface area (Å²) in [5.74, 6) is -2.11. The molecule has 0 saturated heterocycles. The zero-order valence-corrected chi connectivity index (χ0v) is 25.2. The number of fused-ring (bicyclic) bond motifs is 1. The molecule has 0 aliphatic heterocycles. The summed E-state index contributed by atoms with van der Waals surface area (Å²) in [5, 5.41) is 7.66. The first-order chi connectivity index (χ1) is 19.8. The monoisotopic (exact) mass is 603 g/mol. The van der Waals surface area contributed by atoms with E-state index in [0.29, 0.717) is 30.8 Å². The van der Waals surface area contributed by atoms with Crippen LogP contribution in [0.3, 0.4) is 0 Å². The highest BCUT2D eigenvalue weighted by atomic mass is 28.3. The highest BCUT2D eigenvalue weighted by Crippen LogP contribution is 2.41. The quantitative estimate of drug-likeness (QED) is 0.150. The Balaban J connectivity index is 1.61. The number of benzene rings is 2. The maximum Gasteiger partial charge on any atom is 0.416 e. The molecular weight excluding hydrogens is 567 g/mol. The van der Waals surface area contributed by atoms with Crippen molar-refractivity contribution in [3.05, 3.63) is 63.9 Å². The average Bonchev–Trinajstić information content (AvgIpc) is 3.35. The smallest absolute Gasteiger partial charge is 0.416 e. The van der Waals surface area contributed by atoms with Gasteiger partial charge in [-0.05, 0) is 73.7 Å². The van der Waals surface area contributed by atoms with Gasteiger partial charge in [0, 0.05) is 19.6 Å². The van der Waals surface area contributed by atoms with E-state index >= 15 is 0 Å². The van der Waals surface area contributed by atoms with Gasteiger partial charge in [-0.3, -0.25) is 14.4 Å². The van der Waals surface area contributed by atoms with Gasteiger partial charge in [-0.25, -0.2) is 4.68 Å². The molecule has 0 bridgehead atoms. The Labute approximate surface area is 243 Å². The van der Waals surface area contributed by atoms with Crippen LogP contribution in [0.25, 0.3) is 10.9 Å². The molecule has 2 aromatic carbocycles. The summed E-state index contributed by atoms with van der Waals surface area (Å²) >= 11 is 0. The number of hydrogen-bond acceptors (Lipinski definition) is 7. The SMILES string of the molecule is CCCOc1ccc(C(=O)C2CCC(Cn3nnc4ccc(C(F)(F)F)cc4c3=O)C2C(=O)OCC[Si](C)(C)C)cc1. The van der Waals surface area contributed by atoms with E-state index < -0.39 is 49.1 Å². The second kappa shape index (κ2) is 12.8. The van der Waals surface area contributed by atoms with Crippen LogP contribution in [0.4, 0.5) is 13.2 Å². The number of halogens is 3. The van der Waals surface area contributed by atoms with Crippen LogP contribution in [0, 0.1) is 17.8 Å². The van der Waals surface area contributed by atoms with E-state index in [1.54, 1.807) is 24.3 Å². The number of ketones is 1. The highest BCUT2D eigenvalue weighted by Gasteiger charge is 2.46. The third-order valence-electron chi connectivity index (χ3n) is 7.56. The molecule has 1 saturated carbocycles. The lowest BCUT2D eigenvalue weighted by molar-refractivity contribution is -0.150. The number of aromatic nitrogens is 3. The lowest BCUT2D eigenvalue weighted by Gasteiger charge is -2.24. The number of rotatable bonds is 11. The Bertz CT molecular complexity index is 1480. The van der Waals surface area contributed by atoms with Crippen LogP contribution < -0.4 is 10.3 Å². The molecule has 226 valence electrons. The molecule has 8 nitrogen and oxygen atoms in total. The molecule has 1 aromatic heterocycles. The van der Waals surface area contributed by atoms with Crippen LogP contribution in [-0.2, 0) is 22.3 Å². The standard InChI is InChI=1S/C30H36F3N3O5Si/c1-5-14-40-22-10-6-19(7-11-22)27(37)23-12-8-20(26(23)29(39)41-15-16-42(2,3)4)18-36-28(38)24-17-21(30(31,32)33)9-13-25(24)34-35-36/h6-7,9-11,13,17,20,23,26H,5,8,12,14-16,18H2,1-4H3. The number of alkyl halides is 3. The number of hydrogen-bond donors (Lipinski definition) is 0. The Hall–Kier alpha value is -3.54. The van der Waals surface area contributed by atoms with Crippen molar-refractivity contribution >= 4 is 30.7 Å². The van der Waals surface area contributed by atoms with E-state index in [1.807, 2.05) is 6.92 Å². The second-order valence-corrected chi connectivity index (χ2v) is 17.6. The number of ether oxygens (including phenoxy) is 2. The van der Waals surface area contributed by atoms with Gasteiger partial charge in [-0.15, -0.1) is 5.10 Å². The van der Waals surface area contributed by atoms with E-state index in [2.05, 4.69) is 30.0 Å². The Morgan fingerprint density at radius 2 is 1.76 bits per heavy atom. The fourth-order valence-electron chi connectivity index (χ4n) is 5.23. The minimum absolute atomic E-state index is 0.0393. The minimum atomic E-state index is -4.63. The Morgan fingerprint density at radius 1 is 1.05 bits per heavy atom. The number of esters is 1. The predicted molar refractivity (Wildman–Crippen MR) is 154 cm³/mol. The summed E-state index contributed by atoms with van der Waals surface area (Å²) in [6, 6.07) is 10.3.